The number of H-pyrrole nitrogens is 1. The Kier molecular flexibility index (Phi) is 2.88. The molecular weight excluding hydrogens is 188 g/mol. The van der Waals surface area contributed by atoms with Crippen LogP contribution >= 0.6 is 0 Å². The summed E-state index contributed by atoms with van der Waals surface area (Å²) in [5.74, 6) is 0. The van der Waals surface area contributed by atoms with E-state index in [1.54, 1.807) is 6.33 Å². The van der Waals surface area contributed by atoms with E-state index in [1.807, 2.05) is 30.5 Å². The minimum absolute atomic E-state index is 0.786. The van der Waals surface area contributed by atoms with Gasteiger partial charge in [0, 0.05) is 36.2 Å². The van der Waals surface area contributed by atoms with Gasteiger partial charge in [0.15, 0.2) is 0 Å². The van der Waals surface area contributed by atoms with Crippen molar-refractivity contribution in [3.8, 4) is 0 Å². The molecule has 0 unspecified atom stereocenters. The lowest BCUT2D eigenvalue weighted by Crippen LogP contribution is -2.04. The van der Waals surface area contributed by atoms with Gasteiger partial charge in [0.05, 0.1) is 6.33 Å². The van der Waals surface area contributed by atoms with E-state index in [4.69, 9.17) is 5.73 Å². The van der Waals surface area contributed by atoms with Crippen LogP contribution in [-0.4, -0.2) is 16.5 Å². The summed E-state index contributed by atoms with van der Waals surface area (Å²) in [6, 6.07) is 7.72. The summed E-state index contributed by atoms with van der Waals surface area (Å²) in [4.78, 5) is 7.02. The number of benzene rings is 1. The van der Waals surface area contributed by atoms with E-state index in [-0.39, 0.29) is 0 Å². The monoisotopic (exact) mass is 202 g/mol. The van der Waals surface area contributed by atoms with Crippen LogP contribution in [-0.2, 0) is 6.42 Å². The second-order valence-electron chi connectivity index (χ2n) is 3.38. The molecule has 0 saturated carbocycles. The number of nitrogens with zero attached hydrogens (tertiary/aromatic N) is 1. The summed E-state index contributed by atoms with van der Waals surface area (Å²) in [6.07, 6.45) is 4.47. The molecule has 4 heteroatoms. The Bertz CT molecular complexity index is 391. The quantitative estimate of drug-likeness (QED) is 0.660. The van der Waals surface area contributed by atoms with Crippen LogP contribution in [0.1, 0.15) is 5.69 Å². The summed E-state index contributed by atoms with van der Waals surface area (Å²) in [6.45, 7) is 0.881. The topological polar surface area (TPSA) is 66.7 Å². The van der Waals surface area contributed by atoms with Gasteiger partial charge in [-0.15, -0.1) is 0 Å². The highest BCUT2D eigenvalue weighted by atomic mass is 14.9. The van der Waals surface area contributed by atoms with Crippen molar-refractivity contribution in [1.82, 2.24) is 9.97 Å². The van der Waals surface area contributed by atoms with Crippen molar-refractivity contribution in [2.75, 3.05) is 17.6 Å². The van der Waals surface area contributed by atoms with Crippen molar-refractivity contribution in [1.29, 1.82) is 0 Å². The number of hydrogen-bond donors (Lipinski definition) is 3. The highest BCUT2D eigenvalue weighted by Crippen LogP contribution is 2.10. The largest absolute Gasteiger partial charge is 0.399 e. The normalized spacial score (nSPS) is 10.1. The summed E-state index contributed by atoms with van der Waals surface area (Å²) in [5, 5.41) is 3.31. The smallest absolute Gasteiger partial charge is 0.0921 e. The second kappa shape index (κ2) is 4.50. The van der Waals surface area contributed by atoms with Gasteiger partial charge in [0.2, 0.25) is 0 Å². The van der Waals surface area contributed by atoms with E-state index in [2.05, 4.69) is 15.3 Å². The van der Waals surface area contributed by atoms with E-state index in [1.165, 1.54) is 0 Å². The molecule has 0 radical (unpaired) electrons. The number of nitrogens with two attached hydrogens (primary N) is 1. The Morgan fingerprint density at radius 2 is 2.07 bits per heavy atom. The predicted molar refractivity (Wildman–Crippen MR) is 61.6 cm³/mol. The van der Waals surface area contributed by atoms with Gasteiger partial charge in [0.1, 0.15) is 0 Å². The standard InChI is InChI=1S/C11H14N4/c12-9-1-3-10(4-2-9)14-6-5-11-7-13-8-15-11/h1-4,7-8,14H,5-6,12H2,(H,13,15). The molecule has 0 aliphatic carbocycles. The lowest BCUT2D eigenvalue weighted by molar-refractivity contribution is 0.977. The van der Waals surface area contributed by atoms with Gasteiger partial charge in [-0.2, -0.15) is 0 Å². The van der Waals surface area contributed by atoms with Gasteiger partial charge in [-0.25, -0.2) is 4.98 Å². The molecular formula is C11H14N4. The highest BCUT2D eigenvalue weighted by Gasteiger charge is 1.94. The summed E-state index contributed by atoms with van der Waals surface area (Å²) in [5.41, 5.74) is 8.60. The van der Waals surface area contributed by atoms with E-state index < -0.39 is 0 Å². The maximum atomic E-state index is 5.59. The third-order valence-electron chi connectivity index (χ3n) is 2.19. The van der Waals surface area contributed by atoms with E-state index in [0.29, 0.717) is 0 Å². The van der Waals surface area contributed by atoms with Gasteiger partial charge in [-0.05, 0) is 24.3 Å². The van der Waals surface area contributed by atoms with Crippen molar-refractivity contribution in [2.45, 2.75) is 6.42 Å². The van der Waals surface area contributed by atoms with Gasteiger partial charge >= 0.3 is 0 Å². The predicted octanol–water partition coefficient (Wildman–Crippen LogP) is 1.65. The Labute approximate surface area is 88.5 Å². The molecule has 2 rings (SSSR count). The van der Waals surface area contributed by atoms with Crippen molar-refractivity contribution in [3.63, 3.8) is 0 Å². The maximum absolute atomic E-state index is 5.59. The van der Waals surface area contributed by atoms with Gasteiger partial charge in [0.25, 0.3) is 0 Å². The zero-order chi connectivity index (χ0) is 10.5. The molecule has 4 nitrogen and oxygen atoms in total. The number of hydrogen-bond acceptors (Lipinski definition) is 3. The Hall–Kier alpha value is -1.97. The average molecular weight is 202 g/mol. The van der Waals surface area contributed by atoms with Crippen molar-refractivity contribution < 1.29 is 0 Å². The molecule has 78 valence electrons. The molecule has 0 spiro atoms. The van der Waals surface area contributed by atoms with Crippen molar-refractivity contribution in [3.05, 3.63) is 42.5 Å². The zero-order valence-corrected chi connectivity index (χ0v) is 8.40. The first kappa shape index (κ1) is 9.58. The average Bonchev–Trinajstić information content (AvgIpc) is 2.74. The Morgan fingerprint density at radius 1 is 1.27 bits per heavy atom. The van der Waals surface area contributed by atoms with E-state index in [0.717, 1.165) is 30.0 Å². The number of aromatic nitrogens is 2. The Morgan fingerprint density at radius 3 is 2.73 bits per heavy atom. The van der Waals surface area contributed by atoms with Crippen molar-refractivity contribution >= 4 is 11.4 Å². The van der Waals surface area contributed by atoms with Crippen LogP contribution in [0.4, 0.5) is 11.4 Å². The summed E-state index contributed by atoms with van der Waals surface area (Å²) in [7, 11) is 0. The molecule has 4 N–H and O–H groups in total. The minimum Gasteiger partial charge on any atom is -0.399 e. The third-order valence-corrected chi connectivity index (χ3v) is 2.19. The number of rotatable bonds is 4. The summed E-state index contributed by atoms with van der Waals surface area (Å²) < 4.78 is 0. The van der Waals surface area contributed by atoms with Crippen LogP contribution in [0.5, 0.6) is 0 Å². The van der Waals surface area contributed by atoms with Crippen LogP contribution in [0.25, 0.3) is 0 Å². The lowest BCUT2D eigenvalue weighted by atomic mass is 10.2. The van der Waals surface area contributed by atoms with Gasteiger partial charge < -0.3 is 16.0 Å². The molecule has 1 aromatic heterocycles. The first-order valence-corrected chi connectivity index (χ1v) is 4.91. The molecule has 1 heterocycles. The molecule has 0 amide bonds. The second-order valence-corrected chi connectivity index (χ2v) is 3.38. The van der Waals surface area contributed by atoms with Gasteiger partial charge in [-0.1, -0.05) is 0 Å². The van der Waals surface area contributed by atoms with E-state index >= 15 is 0 Å². The highest BCUT2D eigenvalue weighted by molar-refractivity contribution is 5.51. The molecule has 1 aromatic carbocycles. The number of imidazole rings is 1. The molecule has 0 aliphatic rings. The van der Waals surface area contributed by atoms with Crippen LogP contribution in [0.2, 0.25) is 0 Å². The molecule has 15 heavy (non-hydrogen) atoms. The van der Waals surface area contributed by atoms with Crippen LogP contribution < -0.4 is 11.1 Å². The third kappa shape index (κ3) is 2.74. The fourth-order valence-corrected chi connectivity index (χ4v) is 1.36. The lowest BCUT2D eigenvalue weighted by Gasteiger charge is -2.05. The number of nitrogens with one attached hydrogen (secondary N) is 2. The summed E-state index contributed by atoms with van der Waals surface area (Å²) >= 11 is 0. The minimum atomic E-state index is 0.786. The first-order chi connectivity index (χ1) is 7.34. The van der Waals surface area contributed by atoms with Crippen molar-refractivity contribution in [2.24, 2.45) is 0 Å². The molecule has 0 atom stereocenters. The van der Waals surface area contributed by atoms with Crippen LogP contribution in [0.15, 0.2) is 36.8 Å². The molecule has 0 aliphatic heterocycles. The zero-order valence-electron chi connectivity index (χ0n) is 8.40. The number of aromatic amines is 1. The molecule has 2 aromatic rings. The molecule has 0 bridgehead atoms. The molecule has 0 saturated heterocycles. The van der Waals surface area contributed by atoms with Crippen LogP contribution in [0, 0.1) is 0 Å². The number of nitrogen functional groups attached to an aromatic ring is 1. The SMILES string of the molecule is Nc1ccc(NCCc2cnc[nH]2)cc1. The fraction of sp³-hybridized carbons (Fsp3) is 0.182. The van der Waals surface area contributed by atoms with E-state index in [9.17, 15) is 0 Å². The van der Waals surface area contributed by atoms with Crippen LogP contribution in [0.3, 0.4) is 0 Å². The van der Waals surface area contributed by atoms with Gasteiger partial charge in [-0.3, -0.25) is 0 Å². The maximum Gasteiger partial charge on any atom is 0.0921 e. The fourth-order valence-electron chi connectivity index (χ4n) is 1.36. The molecule has 0 fully saturated rings. The Balaban J connectivity index is 1.81. The first-order valence-electron chi connectivity index (χ1n) is 4.91. The number of anilines is 2.